The fraction of sp³-hybridized carbons (Fsp3) is 0.333. The molecule has 1 saturated carbocycles. The Balaban J connectivity index is 1.46. The zero-order valence-electron chi connectivity index (χ0n) is 12.0. The van der Waals surface area contributed by atoms with Gasteiger partial charge in [-0.05, 0) is 50.1 Å². The maximum Gasteiger partial charge on any atom is 0.135 e. The third-order valence-electron chi connectivity index (χ3n) is 3.95. The number of benzene rings is 2. The Labute approximate surface area is 123 Å². The summed E-state index contributed by atoms with van der Waals surface area (Å²) in [6.07, 6.45) is 3.72. The molecule has 1 aromatic heterocycles. The molecular weight excluding hydrogens is 262 g/mol. The third kappa shape index (κ3) is 2.74. The van der Waals surface area contributed by atoms with Gasteiger partial charge in [-0.1, -0.05) is 18.2 Å². The summed E-state index contributed by atoms with van der Waals surface area (Å²) in [7, 11) is 0. The summed E-state index contributed by atoms with van der Waals surface area (Å²) in [5.74, 6) is 0.917. The quantitative estimate of drug-likeness (QED) is 0.691. The molecule has 1 N–H and O–H groups in total. The van der Waals surface area contributed by atoms with Crippen molar-refractivity contribution in [1.82, 2.24) is 5.32 Å². The highest BCUT2D eigenvalue weighted by molar-refractivity contribution is 6.05. The Morgan fingerprint density at radius 1 is 1.05 bits per heavy atom. The summed E-state index contributed by atoms with van der Waals surface area (Å²) in [5.41, 5.74) is 1.84. The van der Waals surface area contributed by atoms with Crippen LogP contribution in [0.1, 0.15) is 19.3 Å². The van der Waals surface area contributed by atoms with E-state index in [1.807, 2.05) is 30.3 Å². The molecule has 1 aliphatic rings. The van der Waals surface area contributed by atoms with Crippen LogP contribution in [0.15, 0.2) is 46.9 Å². The monoisotopic (exact) mass is 281 g/mol. The first-order chi connectivity index (χ1) is 10.4. The van der Waals surface area contributed by atoms with Crippen LogP contribution in [0.3, 0.4) is 0 Å². The molecule has 0 atom stereocenters. The number of hydrogen-bond donors (Lipinski definition) is 1. The van der Waals surface area contributed by atoms with Gasteiger partial charge >= 0.3 is 0 Å². The predicted octanol–water partition coefficient (Wildman–Crippen LogP) is 4.11. The van der Waals surface area contributed by atoms with Crippen LogP contribution in [0.5, 0.6) is 5.75 Å². The van der Waals surface area contributed by atoms with E-state index in [-0.39, 0.29) is 0 Å². The average Bonchev–Trinajstić information content (AvgIpc) is 3.26. The molecule has 0 amide bonds. The van der Waals surface area contributed by atoms with E-state index in [1.54, 1.807) is 0 Å². The molecule has 3 heteroatoms. The molecule has 0 radical (unpaired) electrons. The summed E-state index contributed by atoms with van der Waals surface area (Å²) in [6, 6.07) is 15.0. The van der Waals surface area contributed by atoms with Gasteiger partial charge in [-0.15, -0.1) is 0 Å². The second-order valence-corrected chi connectivity index (χ2v) is 5.69. The second kappa shape index (κ2) is 5.41. The molecule has 0 unspecified atom stereocenters. The lowest BCUT2D eigenvalue weighted by atomic mass is 10.1. The Morgan fingerprint density at radius 2 is 1.90 bits per heavy atom. The fourth-order valence-corrected chi connectivity index (χ4v) is 2.65. The number of hydrogen-bond acceptors (Lipinski definition) is 3. The van der Waals surface area contributed by atoms with Gasteiger partial charge in [0.2, 0.25) is 0 Å². The van der Waals surface area contributed by atoms with Crippen LogP contribution >= 0.6 is 0 Å². The van der Waals surface area contributed by atoms with Crippen molar-refractivity contribution in [2.75, 3.05) is 13.2 Å². The molecule has 2 aromatic carbocycles. The van der Waals surface area contributed by atoms with E-state index in [4.69, 9.17) is 9.15 Å². The number of fused-ring (bicyclic) bond motifs is 3. The van der Waals surface area contributed by atoms with Crippen LogP contribution in [-0.4, -0.2) is 19.2 Å². The van der Waals surface area contributed by atoms with Crippen molar-refractivity contribution in [3.63, 3.8) is 0 Å². The van der Waals surface area contributed by atoms with E-state index in [2.05, 4.69) is 17.4 Å². The molecule has 4 rings (SSSR count). The molecular formula is C18H19NO2. The molecule has 0 aliphatic heterocycles. The van der Waals surface area contributed by atoms with Crippen molar-refractivity contribution in [1.29, 1.82) is 0 Å². The molecule has 1 heterocycles. The van der Waals surface area contributed by atoms with Crippen molar-refractivity contribution in [2.24, 2.45) is 0 Å². The highest BCUT2D eigenvalue weighted by Gasteiger charge is 2.19. The predicted molar refractivity (Wildman–Crippen MR) is 84.9 cm³/mol. The Hall–Kier alpha value is -2.00. The van der Waals surface area contributed by atoms with Gasteiger partial charge in [0.25, 0.3) is 0 Å². The summed E-state index contributed by atoms with van der Waals surface area (Å²) in [4.78, 5) is 0. The first kappa shape index (κ1) is 12.7. The first-order valence-electron chi connectivity index (χ1n) is 7.68. The summed E-state index contributed by atoms with van der Waals surface area (Å²) < 4.78 is 11.7. The smallest absolute Gasteiger partial charge is 0.135 e. The molecule has 21 heavy (non-hydrogen) atoms. The van der Waals surface area contributed by atoms with Crippen molar-refractivity contribution in [2.45, 2.75) is 25.3 Å². The molecule has 1 fully saturated rings. The zero-order valence-corrected chi connectivity index (χ0v) is 12.0. The first-order valence-corrected chi connectivity index (χ1v) is 7.68. The number of nitrogens with one attached hydrogen (secondary N) is 1. The van der Waals surface area contributed by atoms with Crippen molar-refractivity contribution in [3.8, 4) is 5.75 Å². The molecule has 108 valence electrons. The van der Waals surface area contributed by atoms with Crippen molar-refractivity contribution in [3.05, 3.63) is 42.5 Å². The standard InChI is InChI=1S/C18H19NO2/c1-2-5-17-15(4-1)16-12-14(8-9-18(16)21-17)20-11-3-10-19-13-6-7-13/h1-2,4-5,8-9,12-13,19H,3,6-7,10-11H2. The topological polar surface area (TPSA) is 34.4 Å². The van der Waals surface area contributed by atoms with Gasteiger partial charge in [0.15, 0.2) is 0 Å². The minimum Gasteiger partial charge on any atom is -0.494 e. The van der Waals surface area contributed by atoms with E-state index in [9.17, 15) is 0 Å². The second-order valence-electron chi connectivity index (χ2n) is 5.69. The van der Waals surface area contributed by atoms with Crippen molar-refractivity contribution < 1.29 is 9.15 Å². The number of rotatable bonds is 6. The van der Waals surface area contributed by atoms with E-state index in [0.29, 0.717) is 0 Å². The van der Waals surface area contributed by atoms with Crippen LogP contribution in [0.25, 0.3) is 21.9 Å². The van der Waals surface area contributed by atoms with Crippen LogP contribution in [0, 0.1) is 0 Å². The number of para-hydroxylation sites is 1. The van der Waals surface area contributed by atoms with Crippen LogP contribution in [-0.2, 0) is 0 Å². The summed E-state index contributed by atoms with van der Waals surface area (Å²) >= 11 is 0. The minimum atomic E-state index is 0.751. The van der Waals surface area contributed by atoms with Crippen molar-refractivity contribution >= 4 is 21.9 Å². The van der Waals surface area contributed by atoms with E-state index >= 15 is 0 Å². The van der Waals surface area contributed by atoms with Gasteiger partial charge in [0, 0.05) is 16.8 Å². The van der Waals surface area contributed by atoms with Gasteiger partial charge in [0.1, 0.15) is 16.9 Å². The van der Waals surface area contributed by atoms with Gasteiger partial charge in [-0.25, -0.2) is 0 Å². The molecule has 3 aromatic rings. The Kier molecular flexibility index (Phi) is 3.28. The Morgan fingerprint density at radius 3 is 2.81 bits per heavy atom. The highest BCUT2D eigenvalue weighted by Crippen LogP contribution is 2.31. The van der Waals surface area contributed by atoms with Crippen LogP contribution in [0.4, 0.5) is 0 Å². The van der Waals surface area contributed by atoms with Gasteiger partial charge in [-0.3, -0.25) is 0 Å². The molecule has 0 bridgehead atoms. The number of ether oxygens (including phenoxy) is 1. The minimum absolute atomic E-state index is 0.751. The maximum atomic E-state index is 5.85. The summed E-state index contributed by atoms with van der Waals surface area (Å²) in [6.45, 7) is 1.79. The number of furan rings is 1. The van der Waals surface area contributed by atoms with E-state index in [1.165, 1.54) is 12.8 Å². The largest absolute Gasteiger partial charge is 0.494 e. The third-order valence-corrected chi connectivity index (χ3v) is 3.95. The van der Waals surface area contributed by atoms with Gasteiger partial charge < -0.3 is 14.5 Å². The molecule has 1 aliphatic carbocycles. The fourth-order valence-electron chi connectivity index (χ4n) is 2.65. The van der Waals surface area contributed by atoms with Gasteiger partial charge in [0.05, 0.1) is 6.61 Å². The van der Waals surface area contributed by atoms with E-state index < -0.39 is 0 Å². The van der Waals surface area contributed by atoms with Gasteiger partial charge in [-0.2, -0.15) is 0 Å². The lowest BCUT2D eigenvalue weighted by molar-refractivity contribution is 0.308. The maximum absolute atomic E-state index is 5.85. The normalized spacial score (nSPS) is 14.9. The lowest BCUT2D eigenvalue weighted by Gasteiger charge is -2.06. The zero-order chi connectivity index (χ0) is 14.1. The lowest BCUT2D eigenvalue weighted by Crippen LogP contribution is -2.19. The van der Waals surface area contributed by atoms with E-state index in [0.717, 1.165) is 53.3 Å². The molecule has 3 nitrogen and oxygen atoms in total. The SMILES string of the molecule is c1ccc2c(c1)oc1ccc(OCCCNC3CC3)cc12. The molecule has 0 saturated heterocycles. The van der Waals surface area contributed by atoms with Crippen LogP contribution < -0.4 is 10.1 Å². The Bertz CT molecular complexity index is 758. The highest BCUT2D eigenvalue weighted by atomic mass is 16.5. The summed E-state index contributed by atoms with van der Waals surface area (Å²) in [5, 5.41) is 5.77. The average molecular weight is 281 g/mol. The molecule has 0 spiro atoms. The van der Waals surface area contributed by atoms with Crippen LogP contribution in [0.2, 0.25) is 0 Å².